The van der Waals surface area contributed by atoms with Crippen LogP contribution in [0.25, 0.3) is 0 Å². The molecule has 0 aromatic heterocycles. The number of halogens is 3. The highest BCUT2D eigenvalue weighted by molar-refractivity contribution is 5.90. The Kier molecular flexibility index (Phi) is 5.87. The zero-order valence-corrected chi connectivity index (χ0v) is 10.4. The van der Waals surface area contributed by atoms with Crippen LogP contribution in [0.4, 0.5) is 23.7 Å². The van der Waals surface area contributed by atoms with Crippen molar-refractivity contribution in [2.75, 3.05) is 18.5 Å². The van der Waals surface area contributed by atoms with E-state index in [1.165, 1.54) is 6.07 Å². The van der Waals surface area contributed by atoms with Crippen molar-refractivity contribution in [2.45, 2.75) is 12.6 Å². The molecule has 7 heteroatoms. The van der Waals surface area contributed by atoms with Gasteiger partial charge in [0.2, 0.25) is 0 Å². The van der Waals surface area contributed by atoms with Crippen LogP contribution >= 0.6 is 0 Å². The lowest BCUT2D eigenvalue weighted by molar-refractivity contribution is -0.122. The maximum atomic E-state index is 12.0. The lowest BCUT2D eigenvalue weighted by Crippen LogP contribution is -2.36. The van der Waals surface area contributed by atoms with E-state index < -0.39 is 18.8 Å². The highest BCUT2D eigenvalue weighted by Crippen LogP contribution is 2.15. The first kappa shape index (κ1) is 15.9. The van der Waals surface area contributed by atoms with Gasteiger partial charge in [0.05, 0.1) is 12.3 Å². The first-order valence-corrected chi connectivity index (χ1v) is 5.73. The van der Waals surface area contributed by atoms with Gasteiger partial charge in [-0.15, -0.1) is 0 Å². The van der Waals surface area contributed by atoms with Crippen LogP contribution in [0.1, 0.15) is 12.0 Å². The number of hydrogen-bond acceptors (Lipinski definition) is 2. The molecule has 0 spiro atoms. The fourth-order valence-corrected chi connectivity index (χ4v) is 1.26. The summed E-state index contributed by atoms with van der Waals surface area (Å²) in [5.41, 5.74) is 0.765. The molecule has 0 atom stereocenters. The Balaban J connectivity index is 2.68. The molecule has 20 heavy (non-hydrogen) atoms. The fraction of sp³-hybridized carbons (Fsp3) is 0.308. The van der Waals surface area contributed by atoms with Gasteiger partial charge in [-0.2, -0.15) is 13.2 Å². The second kappa shape index (κ2) is 7.40. The van der Waals surface area contributed by atoms with Crippen molar-refractivity contribution in [3.05, 3.63) is 29.8 Å². The lowest BCUT2D eigenvalue weighted by Gasteiger charge is -2.10. The zero-order chi connectivity index (χ0) is 15.0. The van der Waals surface area contributed by atoms with E-state index in [0.29, 0.717) is 11.3 Å². The van der Waals surface area contributed by atoms with Gasteiger partial charge >= 0.3 is 12.2 Å². The lowest BCUT2D eigenvalue weighted by atomic mass is 10.2. The summed E-state index contributed by atoms with van der Waals surface area (Å²) in [7, 11) is 0. The second-order valence-corrected chi connectivity index (χ2v) is 3.74. The molecule has 0 aliphatic carbocycles. The van der Waals surface area contributed by atoms with Crippen LogP contribution in [0.3, 0.4) is 0 Å². The summed E-state index contributed by atoms with van der Waals surface area (Å²) in [5.74, 6) is 5.39. The van der Waals surface area contributed by atoms with E-state index in [9.17, 15) is 18.0 Å². The monoisotopic (exact) mass is 286 g/mol. The molecular formula is C13H13F3N2O2. The van der Waals surface area contributed by atoms with E-state index in [4.69, 9.17) is 5.11 Å². The number of para-hydroxylation sites is 1. The second-order valence-electron chi connectivity index (χ2n) is 3.74. The van der Waals surface area contributed by atoms with Crippen molar-refractivity contribution in [2.24, 2.45) is 0 Å². The summed E-state index contributed by atoms with van der Waals surface area (Å²) in [6.07, 6.45) is -4.19. The number of carbonyl (C=O) groups excluding carboxylic acids is 1. The Labute approximate surface area is 114 Å². The van der Waals surface area contributed by atoms with Gasteiger partial charge in [0.25, 0.3) is 0 Å². The largest absolute Gasteiger partial charge is 0.405 e. The van der Waals surface area contributed by atoms with Crippen LogP contribution in [-0.4, -0.2) is 30.5 Å². The number of nitrogens with one attached hydrogen (secondary N) is 2. The van der Waals surface area contributed by atoms with Gasteiger partial charge in [-0.1, -0.05) is 24.0 Å². The number of rotatable bonds is 3. The Bertz CT molecular complexity index is 518. The molecule has 1 aromatic carbocycles. The number of aliphatic hydroxyl groups excluding tert-OH is 1. The van der Waals surface area contributed by atoms with Crippen molar-refractivity contribution in [1.82, 2.24) is 5.32 Å². The summed E-state index contributed by atoms with van der Waals surface area (Å²) in [6.45, 7) is -1.49. The van der Waals surface area contributed by atoms with Crippen molar-refractivity contribution >= 4 is 11.7 Å². The van der Waals surface area contributed by atoms with Crippen molar-refractivity contribution in [3.63, 3.8) is 0 Å². The number of urea groups is 1. The van der Waals surface area contributed by atoms with Crippen LogP contribution < -0.4 is 10.6 Å². The normalized spacial score (nSPS) is 10.4. The van der Waals surface area contributed by atoms with Crippen LogP contribution in [0, 0.1) is 11.8 Å². The summed E-state index contributed by atoms with van der Waals surface area (Å²) in [5, 5.41) is 12.6. The summed E-state index contributed by atoms with van der Waals surface area (Å²) in [6, 6.07) is 5.48. The molecule has 0 fully saturated rings. The highest BCUT2D eigenvalue weighted by Gasteiger charge is 2.27. The molecule has 0 heterocycles. The first-order chi connectivity index (χ1) is 9.42. The number of carbonyl (C=O) groups is 1. The Hall–Kier alpha value is -2.20. The van der Waals surface area contributed by atoms with Gasteiger partial charge in [0.1, 0.15) is 6.54 Å². The SMILES string of the molecule is O=C(NCC(F)(F)F)Nc1ccccc1C#CCCO. The minimum Gasteiger partial charge on any atom is -0.395 e. The molecular weight excluding hydrogens is 273 g/mol. The van der Waals surface area contributed by atoms with Crippen molar-refractivity contribution < 1.29 is 23.1 Å². The predicted molar refractivity (Wildman–Crippen MR) is 68.1 cm³/mol. The maximum Gasteiger partial charge on any atom is 0.405 e. The molecule has 0 aliphatic heterocycles. The van der Waals surface area contributed by atoms with Gasteiger partial charge in [0, 0.05) is 12.0 Å². The predicted octanol–water partition coefficient (Wildman–Crippen LogP) is 2.10. The minimum atomic E-state index is -4.46. The highest BCUT2D eigenvalue weighted by atomic mass is 19.4. The van der Waals surface area contributed by atoms with E-state index >= 15 is 0 Å². The Morgan fingerprint density at radius 3 is 2.65 bits per heavy atom. The summed E-state index contributed by atoms with van der Waals surface area (Å²) < 4.78 is 35.9. The fourth-order valence-electron chi connectivity index (χ4n) is 1.26. The average molecular weight is 286 g/mol. The van der Waals surface area contributed by atoms with E-state index in [1.807, 2.05) is 0 Å². The smallest absolute Gasteiger partial charge is 0.395 e. The molecule has 0 radical (unpaired) electrons. The Morgan fingerprint density at radius 2 is 2.00 bits per heavy atom. The van der Waals surface area contributed by atoms with Gasteiger partial charge in [-0.3, -0.25) is 0 Å². The quantitative estimate of drug-likeness (QED) is 0.745. The number of hydrogen-bond donors (Lipinski definition) is 3. The number of benzene rings is 1. The third-order valence-electron chi connectivity index (χ3n) is 2.08. The standard InChI is InChI=1S/C13H13F3N2O2/c14-13(15,16)9-17-12(20)18-11-7-2-1-5-10(11)6-3-4-8-19/h1-2,5,7,19H,4,8-9H2,(H2,17,18,20). The third kappa shape index (κ3) is 6.11. The Morgan fingerprint density at radius 1 is 1.30 bits per heavy atom. The van der Waals surface area contributed by atoms with Gasteiger partial charge in [-0.05, 0) is 12.1 Å². The van der Waals surface area contributed by atoms with Gasteiger partial charge < -0.3 is 15.7 Å². The average Bonchev–Trinajstić information content (AvgIpc) is 2.38. The van der Waals surface area contributed by atoms with Crippen LogP contribution in [0.5, 0.6) is 0 Å². The van der Waals surface area contributed by atoms with Crippen LogP contribution in [0.2, 0.25) is 0 Å². The summed E-state index contributed by atoms with van der Waals surface area (Å²) in [4.78, 5) is 11.3. The van der Waals surface area contributed by atoms with E-state index in [-0.39, 0.29) is 13.0 Å². The molecule has 2 amide bonds. The molecule has 0 aliphatic rings. The maximum absolute atomic E-state index is 12.0. The number of anilines is 1. The molecule has 0 bridgehead atoms. The molecule has 1 aromatic rings. The number of aliphatic hydroxyl groups is 1. The van der Waals surface area contributed by atoms with Crippen molar-refractivity contribution in [3.8, 4) is 11.8 Å². The van der Waals surface area contributed by atoms with Gasteiger partial charge in [0.15, 0.2) is 0 Å². The van der Waals surface area contributed by atoms with E-state index in [0.717, 1.165) is 0 Å². The third-order valence-corrected chi connectivity index (χ3v) is 2.08. The molecule has 0 saturated carbocycles. The first-order valence-electron chi connectivity index (χ1n) is 5.73. The summed E-state index contributed by atoms with van der Waals surface area (Å²) >= 11 is 0. The van der Waals surface area contributed by atoms with Crippen LogP contribution in [-0.2, 0) is 0 Å². The van der Waals surface area contributed by atoms with Gasteiger partial charge in [-0.25, -0.2) is 4.79 Å². The number of alkyl halides is 3. The zero-order valence-electron chi connectivity index (χ0n) is 10.4. The molecule has 0 unspecified atom stereocenters. The molecule has 3 N–H and O–H groups in total. The number of amides is 2. The molecule has 1 rings (SSSR count). The topological polar surface area (TPSA) is 61.4 Å². The van der Waals surface area contributed by atoms with Crippen molar-refractivity contribution in [1.29, 1.82) is 0 Å². The molecule has 108 valence electrons. The minimum absolute atomic E-state index is 0.0886. The molecule has 0 saturated heterocycles. The van der Waals surface area contributed by atoms with E-state index in [1.54, 1.807) is 23.5 Å². The molecule has 4 nitrogen and oxygen atoms in total. The van der Waals surface area contributed by atoms with E-state index in [2.05, 4.69) is 17.2 Å². The van der Waals surface area contributed by atoms with Crippen LogP contribution in [0.15, 0.2) is 24.3 Å².